The summed E-state index contributed by atoms with van der Waals surface area (Å²) in [6.45, 7) is 0.196. The van der Waals surface area contributed by atoms with E-state index in [0.717, 1.165) is 29.5 Å². The predicted octanol–water partition coefficient (Wildman–Crippen LogP) is 1.59. The molecule has 0 unspecified atom stereocenters. The number of fused-ring (bicyclic) bond motifs is 1. The standard InChI is InChI=1S/C21H21N5O3/c27-19-13-18(24-16-8-7-14-4-3-5-15(14)12-16)25-21(29)26(19)11-10-23-20(28)17-6-1-2-9-22-17/h1-2,6-9,12-13,24H,3-5,10-11H2,(H,23,28)(H,25,29). The number of aromatic nitrogens is 3. The Balaban J connectivity index is 1.41. The van der Waals surface area contributed by atoms with E-state index in [4.69, 9.17) is 0 Å². The largest absolute Gasteiger partial charge is 0.349 e. The van der Waals surface area contributed by atoms with E-state index in [1.54, 1.807) is 18.2 Å². The fraction of sp³-hybridized carbons (Fsp3) is 0.238. The number of aromatic amines is 1. The summed E-state index contributed by atoms with van der Waals surface area (Å²) in [7, 11) is 0. The van der Waals surface area contributed by atoms with Crippen LogP contribution in [0.3, 0.4) is 0 Å². The van der Waals surface area contributed by atoms with E-state index >= 15 is 0 Å². The van der Waals surface area contributed by atoms with Crippen molar-refractivity contribution in [2.75, 3.05) is 11.9 Å². The lowest BCUT2D eigenvalue weighted by Gasteiger charge is -2.10. The average Bonchev–Trinajstić information content (AvgIpc) is 3.18. The highest BCUT2D eigenvalue weighted by molar-refractivity contribution is 5.92. The number of rotatable bonds is 6. The molecule has 148 valence electrons. The molecule has 0 saturated heterocycles. The van der Waals surface area contributed by atoms with Crippen LogP contribution in [0.5, 0.6) is 0 Å². The fourth-order valence-electron chi connectivity index (χ4n) is 3.47. The maximum atomic E-state index is 12.4. The number of hydrogen-bond acceptors (Lipinski definition) is 5. The number of carbonyl (C=O) groups is 1. The minimum Gasteiger partial charge on any atom is -0.349 e. The van der Waals surface area contributed by atoms with Crippen molar-refractivity contribution in [2.45, 2.75) is 25.8 Å². The van der Waals surface area contributed by atoms with Gasteiger partial charge in [0.15, 0.2) is 0 Å². The third-order valence-electron chi connectivity index (χ3n) is 4.92. The summed E-state index contributed by atoms with van der Waals surface area (Å²) in [5, 5.41) is 5.74. The summed E-state index contributed by atoms with van der Waals surface area (Å²) in [6, 6.07) is 12.4. The second kappa shape index (κ2) is 8.14. The number of nitrogens with zero attached hydrogens (tertiary/aromatic N) is 2. The van der Waals surface area contributed by atoms with Crippen molar-refractivity contribution >= 4 is 17.4 Å². The van der Waals surface area contributed by atoms with E-state index in [9.17, 15) is 14.4 Å². The minimum absolute atomic E-state index is 0.0614. The smallest absolute Gasteiger partial charge is 0.329 e. The van der Waals surface area contributed by atoms with Gasteiger partial charge in [-0.2, -0.15) is 0 Å². The molecule has 0 fully saturated rings. The Hall–Kier alpha value is -3.68. The maximum absolute atomic E-state index is 12.4. The molecular formula is C21H21N5O3. The van der Waals surface area contributed by atoms with E-state index in [1.165, 1.54) is 23.4 Å². The molecule has 8 heteroatoms. The number of pyridine rings is 1. The summed E-state index contributed by atoms with van der Waals surface area (Å²) in [5.41, 5.74) is 2.79. The van der Waals surface area contributed by atoms with Gasteiger partial charge < -0.3 is 10.6 Å². The zero-order valence-electron chi connectivity index (χ0n) is 15.8. The van der Waals surface area contributed by atoms with Crippen molar-refractivity contribution in [3.05, 3.63) is 86.3 Å². The third-order valence-corrected chi connectivity index (χ3v) is 4.92. The molecule has 0 radical (unpaired) electrons. The number of carbonyl (C=O) groups excluding carboxylic acids is 1. The Bertz CT molecular complexity index is 1120. The number of H-pyrrole nitrogens is 1. The molecule has 3 aromatic rings. The molecule has 0 atom stereocenters. The summed E-state index contributed by atoms with van der Waals surface area (Å²) < 4.78 is 1.05. The Morgan fingerprint density at radius 2 is 1.97 bits per heavy atom. The molecule has 1 amide bonds. The summed E-state index contributed by atoms with van der Waals surface area (Å²) in [6.07, 6.45) is 4.83. The molecule has 29 heavy (non-hydrogen) atoms. The molecule has 2 heterocycles. The van der Waals surface area contributed by atoms with Gasteiger partial charge in [-0.05, 0) is 54.7 Å². The molecule has 0 aliphatic heterocycles. The first kappa shape index (κ1) is 18.7. The van der Waals surface area contributed by atoms with Crippen LogP contribution in [0.15, 0.2) is 58.3 Å². The average molecular weight is 391 g/mol. The Kier molecular flexibility index (Phi) is 5.24. The minimum atomic E-state index is -0.534. The van der Waals surface area contributed by atoms with Gasteiger partial charge in [-0.25, -0.2) is 4.79 Å². The zero-order valence-corrected chi connectivity index (χ0v) is 15.8. The van der Waals surface area contributed by atoms with Gasteiger partial charge >= 0.3 is 5.69 Å². The second-order valence-electron chi connectivity index (χ2n) is 6.91. The molecule has 1 aliphatic carbocycles. The molecule has 3 N–H and O–H groups in total. The van der Waals surface area contributed by atoms with Crippen LogP contribution in [0.2, 0.25) is 0 Å². The Morgan fingerprint density at radius 3 is 2.76 bits per heavy atom. The first-order chi connectivity index (χ1) is 14.1. The molecule has 1 aliphatic rings. The molecular weight excluding hydrogens is 370 g/mol. The van der Waals surface area contributed by atoms with Crippen LogP contribution in [0.1, 0.15) is 28.0 Å². The van der Waals surface area contributed by atoms with Crippen LogP contribution in [0.4, 0.5) is 11.5 Å². The number of aryl methyl sites for hydroxylation is 2. The van der Waals surface area contributed by atoms with Crippen LogP contribution >= 0.6 is 0 Å². The molecule has 0 spiro atoms. The van der Waals surface area contributed by atoms with Gasteiger partial charge in [0.05, 0.1) is 0 Å². The fourth-order valence-corrected chi connectivity index (χ4v) is 3.47. The molecule has 0 bridgehead atoms. The highest BCUT2D eigenvalue weighted by Gasteiger charge is 2.12. The van der Waals surface area contributed by atoms with Gasteiger partial charge in [0, 0.05) is 31.0 Å². The number of benzene rings is 1. The van der Waals surface area contributed by atoms with Crippen molar-refractivity contribution in [1.29, 1.82) is 0 Å². The summed E-state index contributed by atoms with van der Waals surface area (Å²) in [4.78, 5) is 43.3. The summed E-state index contributed by atoms with van der Waals surface area (Å²) in [5.74, 6) is -0.0170. The monoisotopic (exact) mass is 391 g/mol. The van der Waals surface area contributed by atoms with Crippen LogP contribution in [0.25, 0.3) is 0 Å². The molecule has 8 nitrogen and oxygen atoms in total. The van der Waals surface area contributed by atoms with Crippen LogP contribution in [-0.2, 0) is 19.4 Å². The van der Waals surface area contributed by atoms with Crippen molar-refractivity contribution < 1.29 is 4.79 Å². The lowest BCUT2D eigenvalue weighted by Crippen LogP contribution is -2.39. The van der Waals surface area contributed by atoms with Crippen LogP contribution < -0.4 is 21.9 Å². The molecule has 2 aromatic heterocycles. The van der Waals surface area contributed by atoms with Gasteiger partial charge in [0.2, 0.25) is 0 Å². The Morgan fingerprint density at radius 1 is 1.10 bits per heavy atom. The Labute approximate surface area is 166 Å². The van der Waals surface area contributed by atoms with E-state index in [-0.39, 0.29) is 24.7 Å². The zero-order chi connectivity index (χ0) is 20.2. The van der Waals surface area contributed by atoms with Crippen LogP contribution in [0, 0.1) is 0 Å². The van der Waals surface area contributed by atoms with Gasteiger partial charge in [0.25, 0.3) is 11.5 Å². The van der Waals surface area contributed by atoms with Gasteiger partial charge in [-0.1, -0.05) is 12.1 Å². The second-order valence-corrected chi connectivity index (χ2v) is 6.91. The number of amides is 1. The van der Waals surface area contributed by atoms with Gasteiger partial charge in [0.1, 0.15) is 11.5 Å². The van der Waals surface area contributed by atoms with E-state index in [2.05, 4.69) is 32.7 Å². The number of anilines is 2. The first-order valence-electron chi connectivity index (χ1n) is 9.52. The molecule has 4 rings (SSSR count). The van der Waals surface area contributed by atoms with Gasteiger partial charge in [-0.15, -0.1) is 0 Å². The van der Waals surface area contributed by atoms with E-state index < -0.39 is 11.2 Å². The third kappa shape index (κ3) is 4.26. The van der Waals surface area contributed by atoms with E-state index in [1.807, 2.05) is 6.07 Å². The highest BCUT2D eigenvalue weighted by atomic mass is 16.2. The SMILES string of the molecule is O=C(NCCn1c(=O)cc(Nc2ccc3c(c2)CCC3)[nH]c1=O)c1ccccn1. The van der Waals surface area contributed by atoms with Crippen molar-refractivity contribution in [2.24, 2.45) is 0 Å². The lowest BCUT2D eigenvalue weighted by atomic mass is 10.1. The van der Waals surface area contributed by atoms with Crippen molar-refractivity contribution in [3.63, 3.8) is 0 Å². The molecule has 1 aromatic carbocycles. The lowest BCUT2D eigenvalue weighted by molar-refractivity contribution is 0.0947. The summed E-state index contributed by atoms with van der Waals surface area (Å²) >= 11 is 0. The number of hydrogen-bond donors (Lipinski definition) is 3. The molecule has 0 saturated carbocycles. The topological polar surface area (TPSA) is 109 Å². The van der Waals surface area contributed by atoms with Crippen molar-refractivity contribution in [3.8, 4) is 0 Å². The van der Waals surface area contributed by atoms with E-state index in [0.29, 0.717) is 5.82 Å². The van der Waals surface area contributed by atoms with Gasteiger partial charge in [-0.3, -0.25) is 24.1 Å². The highest BCUT2D eigenvalue weighted by Crippen LogP contribution is 2.25. The number of nitrogens with one attached hydrogen (secondary N) is 3. The maximum Gasteiger partial charge on any atom is 0.329 e. The first-order valence-corrected chi connectivity index (χ1v) is 9.52. The quantitative estimate of drug-likeness (QED) is 0.591. The van der Waals surface area contributed by atoms with Crippen molar-refractivity contribution in [1.82, 2.24) is 19.9 Å². The van der Waals surface area contributed by atoms with Crippen LogP contribution in [-0.4, -0.2) is 27.0 Å². The predicted molar refractivity (Wildman–Crippen MR) is 110 cm³/mol. The normalized spacial score (nSPS) is 12.4.